The van der Waals surface area contributed by atoms with Crippen LogP contribution in [0.3, 0.4) is 0 Å². The second-order valence-electron chi connectivity index (χ2n) is 9.03. The molecule has 12 nitrogen and oxygen atoms in total. The van der Waals surface area contributed by atoms with Gasteiger partial charge in [0.1, 0.15) is 0 Å². The van der Waals surface area contributed by atoms with Gasteiger partial charge >= 0.3 is 22.1 Å². The van der Waals surface area contributed by atoms with Crippen LogP contribution in [0.4, 0.5) is 11.4 Å². The summed E-state index contributed by atoms with van der Waals surface area (Å²) in [4.78, 5) is 36.9. The third-order valence-corrected chi connectivity index (χ3v) is 7.40. The van der Waals surface area contributed by atoms with Crippen molar-refractivity contribution in [2.24, 2.45) is 5.41 Å². The molecule has 0 bridgehead atoms. The molecule has 0 spiro atoms. The second-order valence-corrected chi connectivity index (χ2v) is 10.5. The van der Waals surface area contributed by atoms with Gasteiger partial charge in [-0.1, -0.05) is 18.6 Å². The summed E-state index contributed by atoms with van der Waals surface area (Å²) in [5, 5.41) is 20.3. The van der Waals surface area contributed by atoms with E-state index in [9.17, 15) is 27.4 Å². The number of hydrogen-bond donors (Lipinski definition) is 4. The third kappa shape index (κ3) is 6.67. The molecule has 2 fully saturated rings. The van der Waals surface area contributed by atoms with Crippen molar-refractivity contribution in [1.29, 1.82) is 0 Å². The predicted molar refractivity (Wildman–Crippen MR) is 135 cm³/mol. The zero-order chi connectivity index (χ0) is 27.4. The average molecular weight is 538 g/mol. The van der Waals surface area contributed by atoms with Gasteiger partial charge in [0.15, 0.2) is 0 Å². The Morgan fingerprint density at radius 1 is 1.14 bits per heavy atom. The molecule has 13 heteroatoms. The van der Waals surface area contributed by atoms with Gasteiger partial charge in [-0.05, 0) is 50.1 Å². The monoisotopic (exact) mass is 537 g/mol. The molecule has 1 amide bonds. The number of aliphatic carboxylic acids is 2. The Labute approximate surface area is 214 Å². The number of benzene rings is 1. The zero-order valence-corrected chi connectivity index (χ0v) is 21.4. The van der Waals surface area contributed by atoms with Gasteiger partial charge in [-0.3, -0.25) is 14.1 Å². The van der Waals surface area contributed by atoms with E-state index in [4.69, 9.17) is 14.9 Å². The van der Waals surface area contributed by atoms with Crippen molar-refractivity contribution in [3.8, 4) is 0 Å². The minimum atomic E-state index is -4.40. The van der Waals surface area contributed by atoms with E-state index in [1.165, 1.54) is 11.0 Å². The summed E-state index contributed by atoms with van der Waals surface area (Å²) in [6.45, 7) is 6.32. The quantitative estimate of drug-likeness (QED) is 0.387. The molecule has 2 heterocycles. The number of allylic oxidation sites excluding steroid dienone is 2. The average Bonchev–Trinajstić information content (AvgIpc) is 3.27. The number of carboxylic acid groups (broad SMARTS) is 2. The van der Waals surface area contributed by atoms with Crippen molar-refractivity contribution in [3.05, 3.63) is 47.6 Å². The Morgan fingerprint density at radius 2 is 1.73 bits per heavy atom. The fourth-order valence-electron chi connectivity index (χ4n) is 4.48. The number of anilines is 2. The summed E-state index contributed by atoms with van der Waals surface area (Å²) in [6, 6.07) is 7.21. The van der Waals surface area contributed by atoms with Crippen molar-refractivity contribution in [1.82, 2.24) is 5.32 Å². The molecule has 2 aliphatic heterocycles. The van der Waals surface area contributed by atoms with Gasteiger partial charge in [0.2, 0.25) is 11.4 Å². The Kier molecular flexibility index (Phi) is 8.61. The maximum Gasteiger partial charge on any atom is 0.331 e. The Hall–Kier alpha value is -3.42. The molecule has 1 aromatic rings. The van der Waals surface area contributed by atoms with Gasteiger partial charge in [-0.25, -0.2) is 4.79 Å². The van der Waals surface area contributed by atoms with E-state index in [0.717, 1.165) is 18.8 Å². The van der Waals surface area contributed by atoms with Crippen molar-refractivity contribution in [3.63, 3.8) is 0 Å². The van der Waals surface area contributed by atoms with Crippen LogP contribution in [0.25, 0.3) is 0 Å². The fraction of sp³-hybridized carbons (Fsp3) is 0.458. The first kappa shape index (κ1) is 28.2. The number of amides is 1. The topological polar surface area (TPSA) is 174 Å². The molecule has 2 saturated heterocycles. The van der Waals surface area contributed by atoms with Gasteiger partial charge in [0.05, 0.1) is 25.2 Å². The Bertz CT molecular complexity index is 1200. The molecule has 4 rings (SSSR count). The fourth-order valence-corrected chi connectivity index (χ4v) is 5.28. The minimum absolute atomic E-state index is 0.0610. The van der Waals surface area contributed by atoms with Crippen LogP contribution in [-0.2, 0) is 29.2 Å². The van der Waals surface area contributed by atoms with Crippen LogP contribution in [0, 0.1) is 5.41 Å². The van der Waals surface area contributed by atoms with E-state index in [-0.39, 0.29) is 18.5 Å². The number of rotatable bonds is 6. The number of hydrogen-bond acceptors (Lipinski definition) is 8. The molecule has 37 heavy (non-hydrogen) atoms. The minimum Gasteiger partial charge on any atom is -0.481 e. The molecule has 1 aromatic carbocycles. The first-order valence-electron chi connectivity index (χ1n) is 11.7. The second kappa shape index (κ2) is 11.3. The number of nitrogens with zero attached hydrogens (tertiary/aromatic N) is 2. The summed E-state index contributed by atoms with van der Waals surface area (Å²) in [7, 11) is -4.40. The summed E-state index contributed by atoms with van der Waals surface area (Å²) < 4.78 is 37.2. The van der Waals surface area contributed by atoms with Crippen molar-refractivity contribution in [2.75, 3.05) is 42.6 Å². The maximum atomic E-state index is 11.4. The third-order valence-electron chi connectivity index (χ3n) is 6.46. The molecular weight excluding hydrogens is 506 g/mol. The molecule has 0 saturated carbocycles. The lowest BCUT2D eigenvalue weighted by atomic mass is 9.74. The van der Waals surface area contributed by atoms with E-state index >= 15 is 0 Å². The summed E-state index contributed by atoms with van der Waals surface area (Å²) in [5.74, 6) is -2.45. The Balaban J connectivity index is 0.000000222. The SMILES string of the molecule is CCC1(C(=O)O)C=C(C)C=C(C(=O)O)C1.O=C1CN(c2ccc(N3CCOCC3)cc2)C(S(=O)(=O)O)N1. The lowest BCUT2D eigenvalue weighted by Crippen LogP contribution is -2.42. The van der Waals surface area contributed by atoms with Crippen molar-refractivity contribution in [2.45, 2.75) is 32.2 Å². The van der Waals surface area contributed by atoms with E-state index in [2.05, 4.69) is 10.2 Å². The largest absolute Gasteiger partial charge is 0.481 e. The first-order chi connectivity index (χ1) is 17.4. The van der Waals surface area contributed by atoms with E-state index in [1.54, 1.807) is 32.1 Å². The van der Waals surface area contributed by atoms with Gasteiger partial charge in [-0.2, -0.15) is 8.42 Å². The smallest absolute Gasteiger partial charge is 0.331 e. The highest BCUT2D eigenvalue weighted by Crippen LogP contribution is 2.37. The number of carbonyl (C=O) groups is 3. The molecule has 0 aromatic heterocycles. The highest BCUT2D eigenvalue weighted by molar-refractivity contribution is 7.86. The molecule has 202 valence electrons. The summed E-state index contributed by atoms with van der Waals surface area (Å²) >= 11 is 0. The van der Waals surface area contributed by atoms with Crippen molar-refractivity contribution >= 4 is 39.3 Å². The first-order valence-corrected chi connectivity index (χ1v) is 13.2. The predicted octanol–water partition coefficient (Wildman–Crippen LogP) is 1.46. The number of nitrogens with one attached hydrogen (secondary N) is 1. The lowest BCUT2D eigenvalue weighted by molar-refractivity contribution is -0.146. The van der Waals surface area contributed by atoms with Crippen LogP contribution < -0.4 is 15.1 Å². The standard InChI is InChI=1S/C13H17N3O5S.C11H14O4/c17-12-9-16(13(14-12)22(18,19)20)11-3-1-10(2-4-11)15-5-7-21-8-6-15;1-3-11(10(14)15)5-7(2)4-8(6-11)9(12)13/h1-4,13H,5-9H2,(H,14,17)(H,18,19,20);4-5H,3,6H2,1-2H3,(H,12,13)(H,14,15). The maximum absolute atomic E-state index is 11.4. The molecular formula is C24H31N3O9S. The van der Waals surface area contributed by atoms with E-state index < -0.39 is 38.9 Å². The highest BCUT2D eigenvalue weighted by Gasteiger charge is 2.39. The van der Waals surface area contributed by atoms with Gasteiger partial charge in [0.25, 0.3) is 0 Å². The van der Waals surface area contributed by atoms with Crippen LogP contribution in [0.5, 0.6) is 0 Å². The van der Waals surface area contributed by atoms with E-state index in [1.807, 2.05) is 12.1 Å². The summed E-state index contributed by atoms with van der Waals surface area (Å²) in [6.07, 6.45) is 3.62. The molecule has 3 aliphatic rings. The normalized spacial score (nSPS) is 23.9. The molecule has 4 N–H and O–H groups in total. The number of ether oxygens (including phenoxy) is 1. The van der Waals surface area contributed by atoms with Gasteiger partial charge < -0.3 is 30.1 Å². The number of morpholine rings is 1. The van der Waals surface area contributed by atoms with E-state index in [0.29, 0.717) is 30.9 Å². The lowest BCUT2D eigenvalue weighted by Gasteiger charge is -2.29. The van der Waals surface area contributed by atoms with Crippen LogP contribution >= 0.6 is 0 Å². The zero-order valence-electron chi connectivity index (χ0n) is 20.6. The van der Waals surface area contributed by atoms with Crippen molar-refractivity contribution < 1.29 is 42.3 Å². The Morgan fingerprint density at radius 3 is 2.24 bits per heavy atom. The highest BCUT2D eigenvalue weighted by atomic mass is 32.2. The van der Waals surface area contributed by atoms with Gasteiger partial charge in [-0.15, -0.1) is 0 Å². The number of carboxylic acids is 2. The van der Waals surface area contributed by atoms with Crippen LogP contribution in [0.1, 0.15) is 26.7 Å². The molecule has 1 aliphatic carbocycles. The molecule has 2 unspecified atom stereocenters. The van der Waals surface area contributed by atoms with Crippen LogP contribution in [-0.4, -0.2) is 79.4 Å². The molecule has 0 radical (unpaired) electrons. The number of carbonyl (C=O) groups excluding carboxylic acids is 1. The molecule has 2 atom stereocenters. The van der Waals surface area contributed by atoms with Crippen LogP contribution in [0.2, 0.25) is 0 Å². The van der Waals surface area contributed by atoms with Gasteiger partial charge in [0, 0.05) is 30.0 Å². The summed E-state index contributed by atoms with van der Waals surface area (Å²) in [5.41, 5.74) is -0.0599. The van der Waals surface area contributed by atoms with Crippen LogP contribution in [0.15, 0.2) is 47.6 Å².